The van der Waals surface area contributed by atoms with Crippen molar-refractivity contribution in [2.24, 2.45) is 4.99 Å². The topological polar surface area (TPSA) is 66.7 Å². The van der Waals surface area contributed by atoms with Crippen molar-refractivity contribution in [3.8, 4) is 0 Å². The first kappa shape index (κ1) is 17.9. The summed E-state index contributed by atoms with van der Waals surface area (Å²) in [5, 5.41) is 2.87. The van der Waals surface area contributed by atoms with E-state index in [1.54, 1.807) is 4.57 Å². The summed E-state index contributed by atoms with van der Waals surface area (Å²) in [6.45, 7) is 7.01. The molecule has 1 aromatic heterocycles. The average molecular weight is 404 g/mol. The molecule has 0 fully saturated rings. The minimum atomic E-state index is -0.229. The van der Waals surface area contributed by atoms with Crippen LogP contribution in [0.2, 0.25) is 0 Å². The van der Waals surface area contributed by atoms with Gasteiger partial charge in [0.1, 0.15) is 17.9 Å². The van der Waals surface area contributed by atoms with E-state index in [2.05, 4.69) is 47.3 Å². The number of aromatic nitrogens is 1. The van der Waals surface area contributed by atoms with E-state index in [0.717, 1.165) is 22.5 Å². The third kappa shape index (κ3) is 2.89. The Kier molecular flexibility index (Phi) is 3.96. The normalized spacial score (nSPS) is 16.9. The van der Waals surface area contributed by atoms with Crippen molar-refractivity contribution in [1.82, 2.24) is 4.57 Å². The van der Waals surface area contributed by atoms with Crippen LogP contribution in [0.1, 0.15) is 22.3 Å². The number of benzene rings is 2. The maximum atomic E-state index is 13.2. The van der Waals surface area contributed by atoms with Gasteiger partial charge in [-0.1, -0.05) is 29.0 Å². The van der Waals surface area contributed by atoms with Crippen LogP contribution in [-0.2, 0) is 11.5 Å². The number of hydrogen-bond acceptors (Lipinski definition) is 5. The lowest BCUT2D eigenvalue weighted by Gasteiger charge is -2.26. The third-order valence-electron chi connectivity index (χ3n) is 5.27. The number of rotatable bonds is 1. The fraction of sp³-hybridized carbons (Fsp3) is 0.227. The fourth-order valence-electron chi connectivity index (χ4n) is 3.96. The molecule has 0 saturated heterocycles. The van der Waals surface area contributed by atoms with Crippen LogP contribution in [0, 0.1) is 20.8 Å². The third-order valence-corrected chi connectivity index (χ3v) is 6.39. The molecule has 0 bridgehead atoms. The first-order valence-electron chi connectivity index (χ1n) is 9.45. The maximum absolute atomic E-state index is 13.2. The number of carbonyl (C=O) groups excluding carboxylic acids is 1. The lowest BCUT2D eigenvalue weighted by atomic mass is 10.1. The van der Waals surface area contributed by atoms with Gasteiger partial charge in [-0.05, 0) is 56.2 Å². The number of carbonyl (C=O) groups is 1. The Morgan fingerprint density at radius 3 is 2.52 bits per heavy atom. The molecule has 1 N–H and O–H groups in total. The Morgan fingerprint density at radius 1 is 1.00 bits per heavy atom. The Morgan fingerprint density at radius 2 is 1.76 bits per heavy atom. The van der Waals surface area contributed by atoms with E-state index in [0.29, 0.717) is 28.2 Å². The second kappa shape index (κ2) is 6.42. The summed E-state index contributed by atoms with van der Waals surface area (Å²) < 4.78 is 2.11. The van der Waals surface area contributed by atoms with Crippen molar-refractivity contribution in [2.75, 3.05) is 16.9 Å². The molecule has 2 aliphatic rings. The summed E-state index contributed by atoms with van der Waals surface area (Å²) in [5.41, 5.74) is 6.27. The van der Waals surface area contributed by atoms with Gasteiger partial charge in [0.15, 0.2) is 4.80 Å². The van der Waals surface area contributed by atoms with E-state index >= 15 is 0 Å². The van der Waals surface area contributed by atoms with Crippen LogP contribution in [-0.4, -0.2) is 17.1 Å². The van der Waals surface area contributed by atoms with Gasteiger partial charge >= 0.3 is 0 Å². The maximum Gasteiger partial charge on any atom is 0.272 e. The number of nitrogens with one attached hydrogen (secondary N) is 1. The second-order valence-electron chi connectivity index (χ2n) is 7.65. The van der Waals surface area contributed by atoms with Crippen LogP contribution in [0.25, 0.3) is 5.57 Å². The Balaban J connectivity index is 1.65. The molecule has 5 rings (SSSR count). The smallest absolute Gasteiger partial charge is 0.272 e. The van der Waals surface area contributed by atoms with Crippen molar-refractivity contribution in [3.63, 3.8) is 0 Å². The summed E-state index contributed by atoms with van der Waals surface area (Å²) in [7, 11) is 0. The molecule has 146 valence electrons. The highest BCUT2D eigenvalue weighted by Crippen LogP contribution is 2.30. The van der Waals surface area contributed by atoms with Gasteiger partial charge in [-0.15, -0.1) is 0 Å². The lowest BCUT2D eigenvalue weighted by Crippen LogP contribution is -2.43. The molecular weight excluding hydrogens is 384 g/mol. The zero-order chi connectivity index (χ0) is 20.3. The monoisotopic (exact) mass is 404 g/mol. The van der Waals surface area contributed by atoms with Crippen molar-refractivity contribution in [1.29, 1.82) is 0 Å². The predicted octanol–water partition coefficient (Wildman–Crippen LogP) is 2.04. The lowest BCUT2D eigenvalue weighted by molar-refractivity contribution is -0.110. The zero-order valence-corrected chi connectivity index (χ0v) is 17.3. The SMILES string of the molecule is Cc1cc(C)cc(N2CN=c3sc(=C4C(=O)Nc5ccc(C)cc54)c(=O)n3C2)c1. The van der Waals surface area contributed by atoms with Gasteiger partial charge < -0.3 is 10.2 Å². The van der Waals surface area contributed by atoms with E-state index in [-0.39, 0.29) is 11.5 Å². The van der Waals surface area contributed by atoms with Gasteiger partial charge in [-0.3, -0.25) is 14.2 Å². The molecule has 3 heterocycles. The van der Waals surface area contributed by atoms with E-state index in [1.807, 2.05) is 25.1 Å². The van der Waals surface area contributed by atoms with Crippen LogP contribution in [0.3, 0.4) is 0 Å². The van der Waals surface area contributed by atoms with Gasteiger partial charge in [0, 0.05) is 16.9 Å². The summed E-state index contributed by atoms with van der Waals surface area (Å²) in [6, 6.07) is 12.1. The van der Waals surface area contributed by atoms with E-state index in [1.165, 1.54) is 22.5 Å². The largest absolute Gasteiger partial charge is 0.334 e. The minimum Gasteiger partial charge on any atom is -0.334 e. The number of aryl methyl sites for hydroxylation is 3. The molecular formula is C22H20N4O2S. The number of anilines is 2. The summed E-state index contributed by atoms with van der Waals surface area (Å²) in [5.74, 6) is -0.229. The van der Waals surface area contributed by atoms with Crippen molar-refractivity contribution >= 4 is 34.2 Å². The molecule has 0 aliphatic carbocycles. The predicted molar refractivity (Wildman–Crippen MR) is 115 cm³/mol. The van der Waals surface area contributed by atoms with E-state index < -0.39 is 0 Å². The Hall–Kier alpha value is -3.19. The highest BCUT2D eigenvalue weighted by Gasteiger charge is 2.28. The number of nitrogens with zero attached hydrogens (tertiary/aromatic N) is 3. The van der Waals surface area contributed by atoms with Gasteiger partial charge in [-0.2, -0.15) is 0 Å². The number of amides is 1. The molecule has 7 heteroatoms. The molecule has 0 unspecified atom stereocenters. The van der Waals surface area contributed by atoms with Crippen LogP contribution in [0.15, 0.2) is 46.2 Å². The van der Waals surface area contributed by atoms with Gasteiger partial charge in [0.25, 0.3) is 11.5 Å². The molecule has 1 amide bonds. The average Bonchev–Trinajstić information content (AvgIpc) is 3.16. The summed E-state index contributed by atoms with van der Waals surface area (Å²) in [6.07, 6.45) is 0. The van der Waals surface area contributed by atoms with Crippen LogP contribution < -0.4 is 25.1 Å². The van der Waals surface area contributed by atoms with Crippen molar-refractivity contribution in [3.05, 3.63) is 78.3 Å². The van der Waals surface area contributed by atoms with Gasteiger partial charge in [0.2, 0.25) is 0 Å². The standard InChI is InChI=1S/C22H20N4O2S/c1-12-4-5-17-16(9-12)18(20(27)24-17)19-21(28)26-11-25(10-23-22(26)29-19)15-7-13(2)6-14(3)8-15/h4-9H,10-11H2,1-3H3,(H,24,27). The van der Waals surface area contributed by atoms with Gasteiger partial charge in [0.05, 0.1) is 5.57 Å². The first-order chi connectivity index (χ1) is 13.9. The molecule has 29 heavy (non-hydrogen) atoms. The van der Waals surface area contributed by atoms with Crippen molar-refractivity contribution < 1.29 is 4.79 Å². The second-order valence-corrected chi connectivity index (χ2v) is 8.63. The molecule has 0 radical (unpaired) electrons. The quantitative estimate of drug-likeness (QED) is 0.675. The molecule has 2 aliphatic heterocycles. The Bertz CT molecular complexity index is 1350. The van der Waals surface area contributed by atoms with Gasteiger partial charge in [-0.25, -0.2) is 4.99 Å². The zero-order valence-electron chi connectivity index (χ0n) is 16.4. The van der Waals surface area contributed by atoms with Crippen LogP contribution in [0.5, 0.6) is 0 Å². The highest BCUT2D eigenvalue weighted by molar-refractivity contribution is 7.07. The highest BCUT2D eigenvalue weighted by atomic mass is 32.1. The molecule has 3 aromatic rings. The summed E-state index contributed by atoms with van der Waals surface area (Å²) >= 11 is 1.30. The van der Waals surface area contributed by atoms with E-state index in [4.69, 9.17) is 0 Å². The number of thiazole rings is 1. The summed E-state index contributed by atoms with van der Waals surface area (Å²) in [4.78, 5) is 33.2. The minimum absolute atomic E-state index is 0.165. The van der Waals surface area contributed by atoms with Crippen molar-refractivity contribution in [2.45, 2.75) is 27.4 Å². The number of hydrogen-bond donors (Lipinski definition) is 1. The van der Waals surface area contributed by atoms with Crippen LogP contribution in [0.4, 0.5) is 11.4 Å². The fourth-order valence-corrected chi connectivity index (χ4v) is 5.02. The Labute approximate surface area is 171 Å². The molecule has 0 spiro atoms. The van der Waals surface area contributed by atoms with Crippen LogP contribution >= 0.6 is 11.3 Å². The first-order valence-corrected chi connectivity index (χ1v) is 10.3. The molecule has 2 aromatic carbocycles. The van der Waals surface area contributed by atoms with E-state index in [9.17, 15) is 9.59 Å². The molecule has 6 nitrogen and oxygen atoms in total. The number of fused-ring (bicyclic) bond motifs is 2. The molecule has 0 atom stereocenters. The molecule has 0 saturated carbocycles.